The van der Waals surface area contributed by atoms with Crippen LogP contribution in [0.15, 0.2) is 48.5 Å². The number of amides is 4. The number of rotatable bonds is 5. The Morgan fingerprint density at radius 1 is 1.15 bits per heavy atom. The number of benzene rings is 2. The van der Waals surface area contributed by atoms with E-state index >= 15 is 0 Å². The number of carbonyl (C=O) groups is 3. The molecule has 3 heterocycles. The summed E-state index contributed by atoms with van der Waals surface area (Å²) in [5.74, 6) is -0.307. The molecule has 4 amide bonds. The molecule has 2 aliphatic rings. The number of nitrogens with zero attached hydrogens (tertiary/aromatic N) is 5. The summed E-state index contributed by atoms with van der Waals surface area (Å²) in [5, 5.41) is 6.51. The van der Waals surface area contributed by atoms with Gasteiger partial charge in [0.05, 0.1) is 23.3 Å². The van der Waals surface area contributed by atoms with E-state index in [0.717, 1.165) is 21.3 Å². The number of aromatic nitrogens is 1. The molecule has 0 radical (unpaired) electrons. The highest BCUT2D eigenvalue weighted by atomic mass is 32.1. The lowest BCUT2D eigenvalue weighted by Gasteiger charge is -2.41. The number of nitrogen functional groups attached to an aromatic ring is 1. The quantitative estimate of drug-likeness (QED) is 0.572. The van der Waals surface area contributed by atoms with Gasteiger partial charge in [-0.05, 0) is 17.2 Å². The molecule has 11 heteroatoms. The minimum Gasteiger partial charge on any atom is -0.375 e. The molecule has 0 saturated carbocycles. The minimum absolute atomic E-state index is 0.0192. The van der Waals surface area contributed by atoms with Crippen molar-refractivity contribution in [3.8, 4) is 0 Å². The van der Waals surface area contributed by atoms with E-state index in [1.165, 1.54) is 16.3 Å². The highest BCUT2D eigenvalue weighted by Gasteiger charge is 2.46. The second-order valence-corrected chi connectivity index (χ2v) is 9.42. The Kier molecular flexibility index (Phi) is 5.80. The maximum Gasteiger partial charge on any atom is 0.332 e. The van der Waals surface area contributed by atoms with Crippen LogP contribution < -0.4 is 11.1 Å². The third-order valence-electron chi connectivity index (χ3n) is 6.21. The van der Waals surface area contributed by atoms with Crippen molar-refractivity contribution in [2.24, 2.45) is 0 Å². The lowest BCUT2D eigenvalue weighted by atomic mass is 10.1. The van der Waals surface area contributed by atoms with Gasteiger partial charge in [-0.2, -0.15) is 5.01 Å². The summed E-state index contributed by atoms with van der Waals surface area (Å²) < 4.78 is 0.966. The molecule has 176 valence electrons. The Hall–Kier alpha value is -3.70. The number of urea groups is 1. The zero-order valence-corrected chi connectivity index (χ0v) is 19.5. The molecule has 0 bridgehead atoms. The molecule has 0 aliphatic carbocycles. The first-order valence-corrected chi connectivity index (χ1v) is 11.8. The van der Waals surface area contributed by atoms with Gasteiger partial charge in [0.1, 0.15) is 12.7 Å². The number of carbonyl (C=O) groups excluding carboxylic acids is 3. The van der Waals surface area contributed by atoms with Crippen LogP contribution in [0, 0.1) is 0 Å². The summed E-state index contributed by atoms with van der Waals surface area (Å²) in [7, 11) is 1.64. The molecule has 0 spiro atoms. The van der Waals surface area contributed by atoms with Crippen LogP contribution in [0.25, 0.3) is 10.2 Å². The lowest BCUT2D eigenvalue weighted by Crippen LogP contribution is -2.61. The van der Waals surface area contributed by atoms with Gasteiger partial charge in [-0.15, -0.1) is 0 Å². The molecule has 10 nitrogen and oxygen atoms in total. The Balaban J connectivity index is 1.30. The summed E-state index contributed by atoms with van der Waals surface area (Å²) in [6.07, 6.45) is -0.419. The van der Waals surface area contributed by atoms with Crippen LogP contribution in [0.3, 0.4) is 0 Å². The van der Waals surface area contributed by atoms with Crippen LogP contribution in [-0.4, -0.2) is 75.5 Å². The Bertz CT molecular complexity index is 1250. The first kappa shape index (κ1) is 22.1. The molecule has 2 aromatic carbocycles. The van der Waals surface area contributed by atoms with E-state index in [1.54, 1.807) is 21.9 Å². The van der Waals surface area contributed by atoms with Gasteiger partial charge in [-0.1, -0.05) is 53.8 Å². The van der Waals surface area contributed by atoms with Gasteiger partial charge in [-0.3, -0.25) is 14.6 Å². The lowest BCUT2D eigenvalue weighted by molar-refractivity contribution is -0.149. The van der Waals surface area contributed by atoms with Gasteiger partial charge in [0, 0.05) is 20.1 Å². The summed E-state index contributed by atoms with van der Waals surface area (Å²) in [5.41, 5.74) is 8.55. The van der Waals surface area contributed by atoms with Crippen molar-refractivity contribution in [3.63, 3.8) is 0 Å². The van der Waals surface area contributed by atoms with Gasteiger partial charge < -0.3 is 20.9 Å². The normalized spacial score (nSPS) is 18.4. The number of nitrogens with one attached hydrogen (secondary N) is 1. The number of hydrogen-bond acceptors (Lipinski definition) is 7. The second-order valence-electron chi connectivity index (χ2n) is 8.36. The largest absolute Gasteiger partial charge is 0.375 e. The fourth-order valence-corrected chi connectivity index (χ4v) is 5.19. The molecular weight excluding hydrogens is 454 g/mol. The van der Waals surface area contributed by atoms with Crippen molar-refractivity contribution < 1.29 is 14.4 Å². The van der Waals surface area contributed by atoms with E-state index < -0.39 is 6.17 Å². The minimum atomic E-state index is -0.419. The summed E-state index contributed by atoms with van der Waals surface area (Å²) in [6, 6.07) is 15.1. The number of fused-ring (bicyclic) bond motifs is 2. The average Bonchev–Trinajstić information content (AvgIpc) is 3.37. The number of para-hydroxylation sites is 1. The zero-order chi connectivity index (χ0) is 23.8. The van der Waals surface area contributed by atoms with Gasteiger partial charge >= 0.3 is 6.03 Å². The van der Waals surface area contributed by atoms with Crippen molar-refractivity contribution in [2.45, 2.75) is 19.3 Å². The average molecular weight is 480 g/mol. The van der Waals surface area contributed by atoms with Gasteiger partial charge in [-0.25, -0.2) is 9.78 Å². The fraction of sp³-hybridized carbons (Fsp3) is 0.304. The fourth-order valence-electron chi connectivity index (χ4n) is 4.41. The summed E-state index contributed by atoms with van der Waals surface area (Å²) >= 11 is 1.41. The van der Waals surface area contributed by atoms with Crippen LogP contribution in [0.5, 0.6) is 0 Å². The van der Waals surface area contributed by atoms with Crippen molar-refractivity contribution in [3.05, 3.63) is 59.7 Å². The molecule has 2 aliphatic heterocycles. The van der Waals surface area contributed by atoms with Crippen molar-refractivity contribution in [1.29, 1.82) is 0 Å². The van der Waals surface area contributed by atoms with E-state index in [2.05, 4.69) is 10.3 Å². The second kappa shape index (κ2) is 8.92. The Morgan fingerprint density at radius 2 is 1.94 bits per heavy atom. The number of piperazine rings is 1. The molecule has 1 aromatic heterocycles. The van der Waals surface area contributed by atoms with E-state index in [9.17, 15) is 14.4 Å². The molecular formula is C23H25N7O3S. The monoisotopic (exact) mass is 479 g/mol. The Labute approximate surface area is 200 Å². The van der Waals surface area contributed by atoms with Crippen molar-refractivity contribution >= 4 is 44.5 Å². The smallest absolute Gasteiger partial charge is 0.332 e. The third kappa shape index (κ3) is 4.15. The van der Waals surface area contributed by atoms with Crippen LogP contribution in [0.4, 0.5) is 9.93 Å². The van der Waals surface area contributed by atoms with Crippen LogP contribution >= 0.6 is 11.3 Å². The summed E-state index contributed by atoms with van der Waals surface area (Å²) in [4.78, 5) is 46.0. The summed E-state index contributed by atoms with van der Waals surface area (Å²) in [6.45, 7) is 1.05. The highest BCUT2D eigenvalue weighted by molar-refractivity contribution is 7.22. The third-order valence-corrected chi connectivity index (χ3v) is 7.06. The number of anilines is 1. The van der Waals surface area contributed by atoms with Gasteiger partial charge in [0.15, 0.2) is 5.13 Å². The van der Waals surface area contributed by atoms with E-state index in [1.807, 2.05) is 48.5 Å². The predicted molar refractivity (Wildman–Crippen MR) is 128 cm³/mol. The molecule has 0 unspecified atom stereocenters. The molecule has 3 aromatic rings. The highest BCUT2D eigenvalue weighted by Crippen LogP contribution is 2.29. The predicted octanol–water partition coefficient (Wildman–Crippen LogP) is 1.45. The molecule has 3 N–H and O–H groups in total. The standard InChI is InChI=1S/C23H25N7O3S/c1-27(23(33)25-10-15-6-3-2-4-7-15)30-14-20(32)29-13-19(31)28(12-18(29)30)11-16-8-5-9-17-21(16)26-22(24)34-17/h2-9,18H,10-14H2,1H3,(H2,24,26)(H,25,33)/t18-/m0/s1. The number of hydrogen-bond donors (Lipinski definition) is 2. The number of hydrazine groups is 1. The van der Waals surface area contributed by atoms with E-state index in [4.69, 9.17) is 5.73 Å². The first-order valence-electron chi connectivity index (χ1n) is 10.9. The SMILES string of the molecule is CN(C(=O)NCc1ccccc1)N1CC(=O)N2CC(=O)N(Cc3cccc4sc(N)nc34)C[C@@H]21. The number of nitrogens with two attached hydrogens (primary N) is 1. The van der Waals surface area contributed by atoms with Crippen LogP contribution in [0.1, 0.15) is 11.1 Å². The van der Waals surface area contributed by atoms with Gasteiger partial charge in [0.2, 0.25) is 11.8 Å². The van der Waals surface area contributed by atoms with E-state index in [0.29, 0.717) is 18.2 Å². The Morgan fingerprint density at radius 3 is 2.74 bits per heavy atom. The zero-order valence-electron chi connectivity index (χ0n) is 18.7. The molecule has 1 atom stereocenters. The molecule has 2 saturated heterocycles. The van der Waals surface area contributed by atoms with Gasteiger partial charge in [0.25, 0.3) is 0 Å². The van der Waals surface area contributed by atoms with E-state index in [-0.39, 0.29) is 37.5 Å². The first-order chi connectivity index (χ1) is 16.4. The van der Waals surface area contributed by atoms with Crippen molar-refractivity contribution in [2.75, 3.05) is 32.4 Å². The maximum atomic E-state index is 12.9. The van der Waals surface area contributed by atoms with Crippen molar-refractivity contribution in [1.82, 2.24) is 30.1 Å². The topological polar surface area (TPSA) is 115 Å². The molecule has 2 fully saturated rings. The van der Waals surface area contributed by atoms with Crippen LogP contribution in [-0.2, 0) is 22.7 Å². The number of thiazole rings is 1. The van der Waals surface area contributed by atoms with Crippen LogP contribution in [0.2, 0.25) is 0 Å². The maximum absolute atomic E-state index is 12.9. The molecule has 34 heavy (non-hydrogen) atoms. The molecule has 5 rings (SSSR count).